The minimum atomic E-state index is -0.0710. The van der Waals surface area contributed by atoms with Crippen LogP contribution in [0.4, 0.5) is 0 Å². The summed E-state index contributed by atoms with van der Waals surface area (Å²) in [6.45, 7) is 28.6. The largest absolute Gasteiger partial charge is 0.361 e. The Morgan fingerprint density at radius 3 is 2.38 bits per heavy atom. The first-order chi connectivity index (χ1) is 21.9. The van der Waals surface area contributed by atoms with Gasteiger partial charge in [0.25, 0.3) is 5.91 Å². The molecule has 1 saturated heterocycles. The molecule has 1 aromatic heterocycles. The van der Waals surface area contributed by atoms with Crippen molar-refractivity contribution in [2.45, 2.75) is 86.1 Å². The summed E-state index contributed by atoms with van der Waals surface area (Å²) in [6.07, 6.45) is 11.2. The van der Waals surface area contributed by atoms with E-state index >= 15 is 0 Å². The number of aromatic nitrogens is 1. The van der Waals surface area contributed by atoms with Crippen LogP contribution < -0.4 is 4.72 Å². The molecule has 45 heavy (non-hydrogen) atoms. The molecular weight excluding hydrogens is 579 g/mol. The van der Waals surface area contributed by atoms with E-state index in [0.29, 0.717) is 18.7 Å². The molecule has 0 saturated carbocycles. The highest BCUT2D eigenvalue weighted by molar-refractivity contribution is 7.97. The Bertz CT molecular complexity index is 1250. The molecule has 0 unspecified atom stereocenters. The zero-order chi connectivity index (χ0) is 33.2. The summed E-state index contributed by atoms with van der Waals surface area (Å²) in [4.78, 5) is 32.7. The van der Waals surface area contributed by atoms with Crippen molar-refractivity contribution in [2.75, 3.05) is 51.6 Å². The number of unbranched alkanes of at least 4 members (excludes halogenated alkanes) is 3. The average molecular weight is 638 g/mol. The van der Waals surface area contributed by atoms with Gasteiger partial charge in [0.05, 0.1) is 6.54 Å². The lowest BCUT2D eigenvalue weighted by Gasteiger charge is -2.35. The fourth-order valence-corrected chi connectivity index (χ4v) is 6.33. The first-order valence-electron chi connectivity index (χ1n) is 17.1. The van der Waals surface area contributed by atoms with Crippen LogP contribution in [0.15, 0.2) is 55.8 Å². The van der Waals surface area contributed by atoms with E-state index in [-0.39, 0.29) is 18.4 Å². The second-order valence-corrected chi connectivity index (χ2v) is 12.2. The van der Waals surface area contributed by atoms with Gasteiger partial charge < -0.3 is 19.3 Å². The summed E-state index contributed by atoms with van der Waals surface area (Å²) in [6, 6.07) is 6.10. The van der Waals surface area contributed by atoms with Crippen molar-refractivity contribution in [3.8, 4) is 0 Å². The van der Waals surface area contributed by atoms with Gasteiger partial charge >= 0.3 is 0 Å². The second kappa shape index (κ2) is 20.9. The van der Waals surface area contributed by atoms with E-state index in [1.54, 1.807) is 6.08 Å². The number of hydrogen-bond donors (Lipinski definition) is 1. The summed E-state index contributed by atoms with van der Waals surface area (Å²) >= 11 is 1.45. The van der Waals surface area contributed by atoms with E-state index in [1.807, 2.05) is 41.9 Å². The molecule has 0 bridgehead atoms. The third kappa shape index (κ3) is 11.1. The number of fused-ring (bicyclic) bond motifs is 1. The Morgan fingerprint density at radius 2 is 1.76 bits per heavy atom. The lowest BCUT2D eigenvalue weighted by atomic mass is 10.0. The summed E-state index contributed by atoms with van der Waals surface area (Å²) < 4.78 is 5.33. The molecule has 0 atom stereocenters. The van der Waals surface area contributed by atoms with Crippen LogP contribution in [-0.4, -0.2) is 82.6 Å². The van der Waals surface area contributed by atoms with Gasteiger partial charge in [-0.1, -0.05) is 91.1 Å². The molecule has 2 amide bonds. The number of hydrogen-bond acceptors (Lipinski definition) is 5. The van der Waals surface area contributed by atoms with Crippen molar-refractivity contribution < 1.29 is 9.59 Å². The number of carbonyl (C=O) groups is 2. The van der Waals surface area contributed by atoms with Gasteiger partial charge in [-0.05, 0) is 49.6 Å². The quantitative estimate of drug-likeness (QED) is 0.0750. The Morgan fingerprint density at radius 1 is 1.02 bits per heavy atom. The van der Waals surface area contributed by atoms with E-state index in [2.05, 4.69) is 60.8 Å². The molecule has 1 N–H and O–H groups in total. The van der Waals surface area contributed by atoms with Gasteiger partial charge in [-0.15, -0.1) is 6.58 Å². The van der Waals surface area contributed by atoms with Crippen molar-refractivity contribution in [1.82, 2.24) is 24.0 Å². The smallest absolute Gasteiger partial charge is 0.261 e. The molecule has 1 fully saturated rings. The van der Waals surface area contributed by atoms with Crippen LogP contribution in [-0.2, 0) is 24.2 Å². The number of aryl methyl sites for hydroxylation is 1. The van der Waals surface area contributed by atoms with Gasteiger partial charge in [0.15, 0.2) is 0 Å². The molecule has 1 aromatic carbocycles. The van der Waals surface area contributed by atoms with Gasteiger partial charge in [0, 0.05) is 79.3 Å². The molecule has 0 aliphatic carbocycles. The topological polar surface area (TPSA) is 60.8 Å². The standard InChI is InChI=1S/C35H53N5O2S.C2H6/c1-7-12-13-14-16-30-31-18-17-29(35(42)36-43-25-9-3)26-33(31)40(32(30)15-8-2)24-23-39(28(6)10-4)27-34(41)38-21-19-37(11-5)20-22-38;1-2/h8,10,17-18,26H,2,4,6-7,9,11-16,19-25,27H2,1,3,5H3,(H,36,42);1-2H3. The monoisotopic (exact) mass is 637 g/mol. The molecule has 8 heteroatoms. The molecule has 7 nitrogen and oxygen atoms in total. The normalized spacial score (nSPS) is 13.2. The number of benzene rings is 1. The van der Waals surface area contributed by atoms with Crippen LogP contribution in [0.1, 0.15) is 88.3 Å². The lowest BCUT2D eigenvalue weighted by Crippen LogP contribution is -2.51. The molecule has 3 rings (SSSR count). The highest BCUT2D eigenvalue weighted by Crippen LogP contribution is 2.30. The number of nitrogens with zero attached hydrogens (tertiary/aromatic N) is 4. The number of rotatable bonds is 19. The third-order valence-electron chi connectivity index (χ3n) is 8.37. The predicted molar refractivity (Wildman–Crippen MR) is 195 cm³/mol. The number of nitrogens with one attached hydrogen (secondary N) is 1. The number of allylic oxidation sites excluding steroid dienone is 2. The van der Waals surface area contributed by atoms with Crippen LogP contribution in [0, 0.1) is 0 Å². The maximum absolute atomic E-state index is 13.3. The number of piperazine rings is 1. The van der Waals surface area contributed by atoms with Gasteiger partial charge in [-0.3, -0.25) is 14.3 Å². The summed E-state index contributed by atoms with van der Waals surface area (Å²) in [5, 5.41) is 1.20. The molecule has 2 aromatic rings. The maximum Gasteiger partial charge on any atom is 0.261 e. The van der Waals surface area contributed by atoms with E-state index in [4.69, 9.17) is 0 Å². The van der Waals surface area contributed by atoms with Crippen LogP contribution in [0.25, 0.3) is 10.9 Å². The summed E-state index contributed by atoms with van der Waals surface area (Å²) in [5.74, 6) is 0.937. The minimum Gasteiger partial charge on any atom is -0.361 e. The zero-order valence-electron chi connectivity index (χ0n) is 28.8. The average Bonchev–Trinajstić information content (AvgIpc) is 3.36. The van der Waals surface area contributed by atoms with Gasteiger partial charge in [-0.25, -0.2) is 0 Å². The first kappa shape index (κ1) is 38.2. The summed E-state index contributed by atoms with van der Waals surface area (Å²) in [5.41, 5.74) is 5.05. The molecular formula is C37H59N5O2S. The number of likely N-dealkylation sites (N-methyl/N-ethyl adjacent to an activating group) is 1. The fraction of sp³-hybridized carbons (Fsp3) is 0.568. The van der Waals surface area contributed by atoms with E-state index in [0.717, 1.165) is 75.4 Å². The molecule has 0 radical (unpaired) electrons. The Balaban J connectivity index is 0.00000345. The molecule has 250 valence electrons. The highest BCUT2D eigenvalue weighted by Gasteiger charge is 2.23. The predicted octanol–water partition coefficient (Wildman–Crippen LogP) is 7.47. The first-order valence-corrected chi connectivity index (χ1v) is 18.1. The SMILES string of the molecule is C=CCc1c(CCCCCC)c2ccc(C(=O)NSCCC)cc2n1CCN(CC(=O)N1CCN(CC)CC1)C(=C)C=C.CC. The summed E-state index contributed by atoms with van der Waals surface area (Å²) in [7, 11) is 0. The van der Waals surface area contributed by atoms with Crippen molar-refractivity contribution in [1.29, 1.82) is 0 Å². The van der Waals surface area contributed by atoms with Gasteiger partial charge in [-0.2, -0.15) is 0 Å². The van der Waals surface area contributed by atoms with Gasteiger partial charge in [0.1, 0.15) is 0 Å². The van der Waals surface area contributed by atoms with Crippen LogP contribution in [0.2, 0.25) is 0 Å². The van der Waals surface area contributed by atoms with Crippen LogP contribution in [0.3, 0.4) is 0 Å². The van der Waals surface area contributed by atoms with E-state index < -0.39 is 0 Å². The molecule has 2 heterocycles. The molecule has 1 aliphatic rings. The highest BCUT2D eigenvalue weighted by atomic mass is 32.2. The van der Waals surface area contributed by atoms with Gasteiger partial charge in [0.2, 0.25) is 5.91 Å². The van der Waals surface area contributed by atoms with Crippen molar-refractivity contribution in [3.63, 3.8) is 0 Å². The lowest BCUT2D eigenvalue weighted by molar-refractivity contribution is -0.133. The Kier molecular flexibility index (Phi) is 17.8. The third-order valence-corrected chi connectivity index (χ3v) is 9.31. The molecule has 0 spiro atoms. The second-order valence-electron chi connectivity index (χ2n) is 11.3. The van der Waals surface area contributed by atoms with Crippen LogP contribution in [0.5, 0.6) is 0 Å². The Hall–Kier alpha value is -2.97. The molecule has 1 aliphatic heterocycles. The number of carbonyl (C=O) groups excluding carboxylic acids is 2. The number of amides is 2. The minimum absolute atomic E-state index is 0.0710. The van der Waals surface area contributed by atoms with Crippen molar-refractivity contribution in [3.05, 3.63) is 72.6 Å². The van der Waals surface area contributed by atoms with E-state index in [9.17, 15) is 9.59 Å². The maximum atomic E-state index is 13.3. The van der Waals surface area contributed by atoms with Crippen LogP contribution >= 0.6 is 11.9 Å². The zero-order valence-corrected chi connectivity index (χ0v) is 29.7. The van der Waals surface area contributed by atoms with Crippen molar-refractivity contribution >= 4 is 34.7 Å². The van der Waals surface area contributed by atoms with E-state index in [1.165, 1.54) is 47.9 Å². The Labute approximate surface area is 277 Å². The van der Waals surface area contributed by atoms with Crippen molar-refractivity contribution in [2.24, 2.45) is 0 Å². The fourth-order valence-electron chi connectivity index (χ4n) is 5.78.